The Morgan fingerprint density at radius 1 is 1.77 bits per heavy atom. The Hall–Kier alpha value is -1.32. The first-order chi connectivity index (χ1) is 6.24. The average Bonchev–Trinajstić information content (AvgIpc) is 2.55. The number of nitrogens with one attached hydrogen (secondary N) is 1. The lowest BCUT2D eigenvalue weighted by Crippen LogP contribution is -2.32. The molecule has 1 aromatic rings. The Kier molecular flexibility index (Phi) is 3.49. The quantitative estimate of drug-likeness (QED) is 0.769. The number of carbonyl (C=O) groups is 1. The van der Waals surface area contributed by atoms with E-state index in [2.05, 4.69) is 17.2 Å². The molecular formula is C9H14N2O2. The van der Waals surface area contributed by atoms with Gasteiger partial charge in [-0.3, -0.25) is 4.79 Å². The van der Waals surface area contributed by atoms with E-state index in [0.29, 0.717) is 0 Å². The first-order valence-corrected chi connectivity index (χ1v) is 4.43. The number of carbonyl (C=O) groups excluding carboxylic acids is 1. The van der Waals surface area contributed by atoms with Crippen LogP contribution in [-0.2, 0) is 0 Å². The van der Waals surface area contributed by atoms with E-state index < -0.39 is 0 Å². The van der Waals surface area contributed by atoms with Gasteiger partial charge in [0.2, 0.25) is 5.76 Å². The van der Waals surface area contributed by atoms with Crippen LogP contribution in [0.5, 0.6) is 0 Å². The maximum absolute atomic E-state index is 11.3. The van der Waals surface area contributed by atoms with E-state index in [-0.39, 0.29) is 17.7 Å². The van der Waals surface area contributed by atoms with Gasteiger partial charge in [-0.1, -0.05) is 13.3 Å². The van der Waals surface area contributed by atoms with E-state index in [1.54, 1.807) is 0 Å². The number of aromatic nitrogens is 1. The second kappa shape index (κ2) is 4.64. The topological polar surface area (TPSA) is 55.1 Å². The second-order valence-corrected chi connectivity index (χ2v) is 3.03. The molecule has 0 spiro atoms. The largest absolute Gasteiger partial charge is 0.438 e. The molecule has 1 N–H and O–H groups in total. The van der Waals surface area contributed by atoms with E-state index in [4.69, 9.17) is 4.42 Å². The zero-order valence-corrected chi connectivity index (χ0v) is 7.91. The van der Waals surface area contributed by atoms with Crippen molar-refractivity contribution in [3.8, 4) is 0 Å². The molecule has 0 aliphatic heterocycles. The molecule has 1 rings (SSSR count). The SMILES string of the molecule is CCCC(C)NC(=O)c1cnco1. The molecule has 0 aliphatic carbocycles. The fraction of sp³-hybridized carbons (Fsp3) is 0.556. The second-order valence-electron chi connectivity index (χ2n) is 3.03. The number of oxazole rings is 1. The summed E-state index contributed by atoms with van der Waals surface area (Å²) in [7, 11) is 0. The van der Waals surface area contributed by atoms with Gasteiger partial charge < -0.3 is 9.73 Å². The van der Waals surface area contributed by atoms with Crippen LogP contribution in [0.2, 0.25) is 0 Å². The Balaban J connectivity index is 2.42. The summed E-state index contributed by atoms with van der Waals surface area (Å²) in [4.78, 5) is 15.0. The molecule has 0 fully saturated rings. The lowest BCUT2D eigenvalue weighted by atomic mass is 10.2. The number of amides is 1. The zero-order chi connectivity index (χ0) is 9.68. The van der Waals surface area contributed by atoms with Gasteiger partial charge in [0.1, 0.15) is 0 Å². The van der Waals surface area contributed by atoms with E-state index in [0.717, 1.165) is 12.8 Å². The molecule has 0 bridgehead atoms. The minimum Gasteiger partial charge on any atom is -0.438 e. The number of rotatable bonds is 4. The molecule has 0 aromatic carbocycles. The van der Waals surface area contributed by atoms with E-state index in [9.17, 15) is 4.79 Å². The molecule has 0 saturated heterocycles. The highest BCUT2D eigenvalue weighted by Crippen LogP contribution is 1.99. The molecule has 0 aliphatic rings. The van der Waals surface area contributed by atoms with Crippen molar-refractivity contribution in [3.05, 3.63) is 18.4 Å². The Bertz CT molecular complexity index is 257. The van der Waals surface area contributed by atoms with Crippen LogP contribution in [0.4, 0.5) is 0 Å². The minimum absolute atomic E-state index is 0.183. The minimum atomic E-state index is -0.196. The average molecular weight is 182 g/mol. The summed E-state index contributed by atoms with van der Waals surface area (Å²) in [5.74, 6) is 0.0707. The van der Waals surface area contributed by atoms with Crippen molar-refractivity contribution in [2.75, 3.05) is 0 Å². The van der Waals surface area contributed by atoms with Crippen LogP contribution < -0.4 is 5.32 Å². The lowest BCUT2D eigenvalue weighted by Gasteiger charge is -2.10. The van der Waals surface area contributed by atoms with Crippen molar-refractivity contribution in [2.24, 2.45) is 0 Å². The molecule has 1 amide bonds. The first-order valence-electron chi connectivity index (χ1n) is 4.43. The smallest absolute Gasteiger partial charge is 0.288 e. The third kappa shape index (κ3) is 2.89. The van der Waals surface area contributed by atoms with Gasteiger partial charge in [-0.15, -0.1) is 0 Å². The molecule has 1 atom stereocenters. The standard InChI is InChI=1S/C9H14N2O2/c1-3-4-7(2)11-9(12)8-5-10-6-13-8/h5-7H,3-4H2,1-2H3,(H,11,12). The molecular weight excluding hydrogens is 168 g/mol. The fourth-order valence-corrected chi connectivity index (χ4v) is 1.13. The number of hydrogen-bond acceptors (Lipinski definition) is 3. The highest BCUT2D eigenvalue weighted by atomic mass is 16.3. The highest BCUT2D eigenvalue weighted by Gasteiger charge is 2.11. The number of nitrogens with zero attached hydrogens (tertiary/aromatic N) is 1. The molecule has 1 aromatic heterocycles. The monoisotopic (exact) mass is 182 g/mol. The fourth-order valence-electron chi connectivity index (χ4n) is 1.13. The molecule has 0 radical (unpaired) electrons. The van der Waals surface area contributed by atoms with Crippen LogP contribution in [0, 0.1) is 0 Å². The van der Waals surface area contributed by atoms with E-state index in [1.807, 2.05) is 6.92 Å². The van der Waals surface area contributed by atoms with Gasteiger partial charge in [-0.05, 0) is 13.3 Å². The first kappa shape index (κ1) is 9.77. The maximum atomic E-state index is 11.3. The maximum Gasteiger partial charge on any atom is 0.288 e. The van der Waals surface area contributed by atoms with Crippen molar-refractivity contribution >= 4 is 5.91 Å². The third-order valence-corrected chi connectivity index (χ3v) is 1.76. The van der Waals surface area contributed by atoms with E-state index in [1.165, 1.54) is 12.6 Å². The van der Waals surface area contributed by atoms with Gasteiger partial charge in [0.25, 0.3) is 5.91 Å². The van der Waals surface area contributed by atoms with Crippen LogP contribution in [0.15, 0.2) is 17.0 Å². The summed E-state index contributed by atoms with van der Waals surface area (Å²) < 4.78 is 4.85. The van der Waals surface area contributed by atoms with Crippen LogP contribution in [0.3, 0.4) is 0 Å². The van der Waals surface area contributed by atoms with Gasteiger partial charge in [-0.25, -0.2) is 4.98 Å². The van der Waals surface area contributed by atoms with Crippen molar-refractivity contribution in [1.29, 1.82) is 0 Å². The molecule has 1 heterocycles. The van der Waals surface area contributed by atoms with Crippen LogP contribution >= 0.6 is 0 Å². The summed E-state index contributed by atoms with van der Waals surface area (Å²) in [5.41, 5.74) is 0. The Labute approximate surface area is 77.3 Å². The summed E-state index contributed by atoms with van der Waals surface area (Å²) >= 11 is 0. The number of hydrogen-bond donors (Lipinski definition) is 1. The summed E-state index contributed by atoms with van der Waals surface area (Å²) in [6.07, 6.45) is 4.69. The van der Waals surface area contributed by atoms with Crippen molar-refractivity contribution in [1.82, 2.24) is 10.3 Å². The lowest BCUT2D eigenvalue weighted by molar-refractivity contribution is 0.0910. The van der Waals surface area contributed by atoms with Crippen LogP contribution in [0.25, 0.3) is 0 Å². The van der Waals surface area contributed by atoms with Crippen molar-refractivity contribution in [3.63, 3.8) is 0 Å². The normalized spacial score (nSPS) is 12.5. The van der Waals surface area contributed by atoms with Gasteiger partial charge in [0, 0.05) is 6.04 Å². The van der Waals surface area contributed by atoms with E-state index >= 15 is 0 Å². The third-order valence-electron chi connectivity index (χ3n) is 1.76. The van der Waals surface area contributed by atoms with Gasteiger partial charge >= 0.3 is 0 Å². The summed E-state index contributed by atoms with van der Waals surface area (Å²) in [6.45, 7) is 4.05. The van der Waals surface area contributed by atoms with Gasteiger partial charge in [0.15, 0.2) is 6.39 Å². The molecule has 72 valence electrons. The predicted molar refractivity (Wildman–Crippen MR) is 48.3 cm³/mol. The van der Waals surface area contributed by atoms with Crippen LogP contribution in [-0.4, -0.2) is 16.9 Å². The molecule has 0 saturated carbocycles. The van der Waals surface area contributed by atoms with Crippen molar-refractivity contribution in [2.45, 2.75) is 32.7 Å². The summed E-state index contributed by atoms with van der Waals surface area (Å²) in [6, 6.07) is 0.183. The molecule has 4 heteroatoms. The molecule has 1 unspecified atom stereocenters. The van der Waals surface area contributed by atoms with Gasteiger partial charge in [0.05, 0.1) is 6.20 Å². The Morgan fingerprint density at radius 3 is 3.08 bits per heavy atom. The van der Waals surface area contributed by atoms with Crippen molar-refractivity contribution < 1.29 is 9.21 Å². The molecule has 13 heavy (non-hydrogen) atoms. The highest BCUT2D eigenvalue weighted by molar-refractivity contribution is 5.91. The zero-order valence-electron chi connectivity index (χ0n) is 7.91. The van der Waals surface area contributed by atoms with Crippen LogP contribution in [0.1, 0.15) is 37.2 Å². The molecule has 4 nitrogen and oxygen atoms in total. The summed E-state index contributed by atoms with van der Waals surface area (Å²) in [5, 5.41) is 2.81. The Morgan fingerprint density at radius 2 is 2.54 bits per heavy atom. The van der Waals surface area contributed by atoms with Gasteiger partial charge in [-0.2, -0.15) is 0 Å². The predicted octanol–water partition coefficient (Wildman–Crippen LogP) is 1.59.